The van der Waals surface area contributed by atoms with Crippen LogP contribution in [0.1, 0.15) is 12.1 Å². The Balaban J connectivity index is 1.16. The molecule has 0 fully saturated rings. The van der Waals surface area contributed by atoms with Crippen LogP contribution in [0.25, 0.3) is 72.8 Å². The molecule has 0 N–H and O–H groups in total. The van der Waals surface area contributed by atoms with Crippen LogP contribution in [-0.4, -0.2) is 26.8 Å². The van der Waals surface area contributed by atoms with Crippen LogP contribution in [0.15, 0.2) is 163 Å². The number of rotatable bonds is 5. The van der Waals surface area contributed by atoms with E-state index in [1.54, 1.807) is 0 Å². The van der Waals surface area contributed by atoms with Gasteiger partial charge in [-0.2, -0.15) is 0 Å². The molecule has 1 aliphatic carbocycles. The Morgan fingerprint density at radius 3 is 2.02 bits per heavy atom. The lowest BCUT2D eigenvalue weighted by atomic mass is 9.99. The molecule has 0 amide bonds. The molecule has 5 aromatic carbocycles. The summed E-state index contributed by atoms with van der Waals surface area (Å²) < 4.78 is 2.39. The molecule has 1 atom stereocenters. The van der Waals surface area contributed by atoms with Gasteiger partial charge in [0, 0.05) is 39.6 Å². The van der Waals surface area contributed by atoms with Gasteiger partial charge in [0.15, 0.2) is 5.82 Å². The lowest BCUT2D eigenvalue weighted by molar-refractivity contribution is 0.789. The van der Waals surface area contributed by atoms with E-state index in [2.05, 4.69) is 156 Å². The summed E-state index contributed by atoms with van der Waals surface area (Å²) in [4.78, 5) is 15.2. The van der Waals surface area contributed by atoms with Gasteiger partial charge < -0.3 is 4.57 Å². The highest BCUT2D eigenvalue weighted by atomic mass is 15.1. The molecule has 9 rings (SSSR count). The van der Waals surface area contributed by atoms with Crippen LogP contribution in [0.3, 0.4) is 0 Å². The van der Waals surface area contributed by atoms with Gasteiger partial charge in [-0.1, -0.05) is 133 Å². The maximum atomic E-state index is 5.14. The van der Waals surface area contributed by atoms with Crippen molar-refractivity contribution >= 4 is 22.8 Å². The highest BCUT2D eigenvalue weighted by molar-refractivity contribution is 6.09. The molecular weight excluding hydrogens is 573 g/mol. The van der Waals surface area contributed by atoms with Crippen molar-refractivity contribution in [1.29, 1.82) is 0 Å². The minimum absolute atomic E-state index is 0.162. The predicted octanol–water partition coefficient (Wildman–Crippen LogP) is 10.4. The van der Waals surface area contributed by atoms with Crippen molar-refractivity contribution in [1.82, 2.24) is 14.5 Å². The van der Waals surface area contributed by atoms with E-state index in [9.17, 15) is 0 Å². The van der Waals surface area contributed by atoms with Crippen LogP contribution in [-0.2, 0) is 0 Å². The van der Waals surface area contributed by atoms with Gasteiger partial charge in [0.25, 0.3) is 0 Å². The summed E-state index contributed by atoms with van der Waals surface area (Å²) in [6.45, 7) is 0. The molecule has 222 valence electrons. The SMILES string of the molecule is C1=CCC2N=Cc3c(-c4ccc(-c5nc(-c6ccccc6)cc(-c6cccc(-c7ccccc7)c6)n5)cc4)c4ccccc4n3C2=C1. The van der Waals surface area contributed by atoms with E-state index in [1.807, 2.05) is 12.1 Å². The number of allylic oxidation sites excluding steroid dienone is 2. The molecule has 2 aromatic heterocycles. The average Bonchev–Trinajstić information content (AvgIpc) is 3.50. The number of nitrogens with zero attached hydrogens (tertiary/aromatic N) is 4. The fourth-order valence-electron chi connectivity index (χ4n) is 6.85. The number of aromatic nitrogens is 3. The summed E-state index contributed by atoms with van der Waals surface area (Å²) in [5, 5.41) is 1.22. The third-order valence-corrected chi connectivity index (χ3v) is 9.14. The molecule has 1 unspecified atom stereocenters. The molecule has 7 aromatic rings. The van der Waals surface area contributed by atoms with Gasteiger partial charge >= 0.3 is 0 Å². The molecule has 0 bridgehead atoms. The number of fused-ring (bicyclic) bond motifs is 5. The lowest BCUT2D eigenvalue weighted by Gasteiger charge is -2.25. The summed E-state index contributed by atoms with van der Waals surface area (Å²) in [7, 11) is 0. The minimum atomic E-state index is 0.162. The van der Waals surface area contributed by atoms with Crippen molar-refractivity contribution in [3.05, 3.63) is 163 Å². The number of hydrogen-bond donors (Lipinski definition) is 0. The maximum absolute atomic E-state index is 5.14. The summed E-state index contributed by atoms with van der Waals surface area (Å²) in [5.41, 5.74) is 13.1. The molecule has 0 radical (unpaired) electrons. The maximum Gasteiger partial charge on any atom is 0.160 e. The monoisotopic (exact) mass is 602 g/mol. The smallest absolute Gasteiger partial charge is 0.160 e. The Labute approximate surface area is 273 Å². The number of hydrogen-bond acceptors (Lipinski definition) is 3. The van der Waals surface area contributed by atoms with Crippen LogP contribution in [0.2, 0.25) is 0 Å². The van der Waals surface area contributed by atoms with E-state index < -0.39 is 0 Å². The van der Waals surface area contributed by atoms with Crippen LogP contribution in [0.4, 0.5) is 0 Å². The average molecular weight is 603 g/mol. The first-order valence-corrected chi connectivity index (χ1v) is 16.0. The van der Waals surface area contributed by atoms with Gasteiger partial charge in [-0.15, -0.1) is 0 Å². The van der Waals surface area contributed by atoms with E-state index in [-0.39, 0.29) is 6.04 Å². The summed E-state index contributed by atoms with van der Waals surface area (Å²) in [6.07, 6.45) is 9.54. The topological polar surface area (TPSA) is 43.1 Å². The first kappa shape index (κ1) is 27.2. The molecule has 47 heavy (non-hydrogen) atoms. The second-order valence-corrected chi connectivity index (χ2v) is 12.0. The standard InChI is InChI=1S/C43H30N4/c1-3-12-29(13-4-1)33-16-11-17-34(26-33)38-27-37(30-14-5-2-6-15-30)45-43(46-38)32-24-22-31(23-25-32)42-35-18-7-9-20-39(35)47-40-21-10-8-19-36(40)44-28-41(42)47/h1-18,20-28,36H,19H2. The van der Waals surface area contributed by atoms with Gasteiger partial charge in [-0.3, -0.25) is 4.99 Å². The van der Waals surface area contributed by atoms with E-state index in [0.29, 0.717) is 5.82 Å². The summed E-state index contributed by atoms with van der Waals surface area (Å²) >= 11 is 0. The second kappa shape index (κ2) is 11.3. The largest absolute Gasteiger partial charge is 0.309 e. The summed E-state index contributed by atoms with van der Waals surface area (Å²) in [5.74, 6) is 0.699. The molecule has 1 aliphatic heterocycles. The Hall–Kier alpha value is -6.13. The zero-order chi connectivity index (χ0) is 31.2. The normalized spacial score (nSPS) is 14.9. The lowest BCUT2D eigenvalue weighted by Crippen LogP contribution is -2.20. The van der Waals surface area contributed by atoms with Crippen molar-refractivity contribution in [3.63, 3.8) is 0 Å². The fraction of sp³-hybridized carbons (Fsp3) is 0.0465. The molecule has 4 nitrogen and oxygen atoms in total. The Morgan fingerprint density at radius 1 is 0.553 bits per heavy atom. The number of para-hydroxylation sites is 1. The van der Waals surface area contributed by atoms with Gasteiger partial charge in [-0.05, 0) is 47.4 Å². The zero-order valence-corrected chi connectivity index (χ0v) is 25.7. The Morgan fingerprint density at radius 2 is 1.21 bits per heavy atom. The first-order valence-electron chi connectivity index (χ1n) is 16.0. The minimum Gasteiger partial charge on any atom is -0.309 e. The van der Waals surface area contributed by atoms with Crippen molar-refractivity contribution in [2.45, 2.75) is 12.5 Å². The molecule has 0 saturated heterocycles. The van der Waals surface area contributed by atoms with Crippen LogP contribution < -0.4 is 0 Å². The van der Waals surface area contributed by atoms with Crippen molar-refractivity contribution < 1.29 is 0 Å². The number of aliphatic imine (C=N–C) groups is 1. The second-order valence-electron chi connectivity index (χ2n) is 12.0. The quantitative estimate of drug-likeness (QED) is 0.197. The van der Waals surface area contributed by atoms with Crippen LogP contribution >= 0.6 is 0 Å². The molecule has 4 heteroatoms. The highest BCUT2D eigenvalue weighted by Gasteiger charge is 2.27. The molecule has 0 spiro atoms. The van der Waals surface area contributed by atoms with Crippen LogP contribution in [0, 0.1) is 0 Å². The molecule has 2 aliphatic rings. The van der Waals surface area contributed by atoms with E-state index in [0.717, 1.165) is 51.3 Å². The van der Waals surface area contributed by atoms with Gasteiger partial charge in [0.1, 0.15) is 0 Å². The van der Waals surface area contributed by atoms with Gasteiger partial charge in [0.2, 0.25) is 0 Å². The van der Waals surface area contributed by atoms with E-state index in [1.165, 1.54) is 27.7 Å². The molecule has 0 saturated carbocycles. The van der Waals surface area contributed by atoms with Gasteiger partial charge in [0.05, 0.1) is 28.6 Å². The van der Waals surface area contributed by atoms with E-state index in [4.69, 9.17) is 15.0 Å². The van der Waals surface area contributed by atoms with Crippen molar-refractivity contribution in [2.24, 2.45) is 4.99 Å². The first-order chi connectivity index (χ1) is 23.3. The summed E-state index contributed by atoms with van der Waals surface area (Å²) in [6, 6.07) is 49.0. The number of benzene rings is 5. The highest BCUT2D eigenvalue weighted by Crippen LogP contribution is 2.40. The predicted molar refractivity (Wildman–Crippen MR) is 194 cm³/mol. The third kappa shape index (κ3) is 4.82. The molecular formula is C43H30N4. The Kier molecular flexibility index (Phi) is 6.57. The van der Waals surface area contributed by atoms with Crippen LogP contribution in [0.5, 0.6) is 0 Å². The zero-order valence-electron chi connectivity index (χ0n) is 25.7. The Bertz CT molecular complexity index is 2360. The van der Waals surface area contributed by atoms with Crippen molar-refractivity contribution in [2.75, 3.05) is 0 Å². The van der Waals surface area contributed by atoms with Crippen molar-refractivity contribution in [3.8, 4) is 56.2 Å². The third-order valence-electron chi connectivity index (χ3n) is 9.14. The molecule has 3 heterocycles. The fourth-order valence-corrected chi connectivity index (χ4v) is 6.85. The van der Waals surface area contributed by atoms with Gasteiger partial charge in [-0.25, -0.2) is 9.97 Å². The van der Waals surface area contributed by atoms with E-state index >= 15 is 0 Å².